The van der Waals surface area contributed by atoms with Gasteiger partial charge in [0.2, 0.25) is 0 Å². The van der Waals surface area contributed by atoms with Crippen LogP contribution in [0, 0.1) is 13.8 Å². The molecule has 0 unspecified atom stereocenters. The standard InChI is InChI=1S/C15H19NO/c1-6-16-15-12(5)11(4)13-8-9(2)7-10(3)14(13)17-15/h7-8,16H,4,6H2,1-3,5H3. The number of aryl methyl sites for hydroxylation is 2. The summed E-state index contributed by atoms with van der Waals surface area (Å²) in [6.07, 6.45) is 0. The summed E-state index contributed by atoms with van der Waals surface area (Å²) < 4.78 is 5.95. The number of fused-ring (bicyclic) bond motifs is 1. The Kier molecular flexibility index (Phi) is 2.97. The van der Waals surface area contributed by atoms with E-state index in [2.05, 4.69) is 44.8 Å². The van der Waals surface area contributed by atoms with Crippen molar-refractivity contribution in [3.8, 4) is 5.75 Å². The predicted molar refractivity (Wildman–Crippen MR) is 72.0 cm³/mol. The van der Waals surface area contributed by atoms with Gasteiger partial charge in [0.05, 0.1) is 0 Å². The molecule has 2 nitrogen and oxygen atoms in total. The van der Waals surface area contributed by atoms with Crippen LogP contribution in [0.5, 0.6) is 5.75 Å². The minimum absolute atomic E-state index is 0.831. The fraction of sp³-hybridized carbons (Fsp3) is 0.333. The van der Waals surface area contributed by atoms with Crippen LogP contribution in [0.1, 0.15) is 30.5 Å². The van der Waals surface area contributed by atoms with Gasteiger partial charge >= 0.3 is 0 Å². The molecule has 0 aliphatic carbocycles. The smallest absolute Gasteiger partial charge is 0.197 e. The van der Waals surface area contributed by atoms with Crippen LogP contribution in [-0.2, 0) is 0 Å². The lowest BCUT2D eigenvalue weighted by atomic mass is 9.94. The van der Waals surface area contributed by atoms with E-state index in [1.54, 1.807) is 0 Å². The molecular weight excluding hydrogens is 210 g/mol. The van der Waals surface area contributed by atoms with Crippen LogP contribution in [0.3, 0.4) is 0 Å². The molecule has 2 heteroatoms. The Morgan fingerprint density at radius 1 is 1.24 bits per heavy atom. The lowest BCUT2D eigenvalue weighted by molar-refractivity contribution is 0.371. The lowest BCUT2D eigenvalue weighted by Gasteiger charge is -2.25. The molecule has 1 N–H and O–H groups in total. The monoisotopic (exact) mass is 229 g/mol. The number of hydrogen-bond donors (Lipinski definition) is 1. The summed E-state index contributed by atoms with van der Waals surface area (Å²) in [5.74, 6) is 1.76. The topological polar surface area (TPSA) is 21.3 Å². The Morgan fingerprint density at radius 3 is 2.59 bits per heavy atom. The van der Waals surface area contributed by atoms with Crippen molar-refractivity contribution in [2.45, 2.75) is 27.7 Å². The highest BCUT2D eigenvalue weighted by atomic mass is 16.5. The van der Waals surface area contributed by atoms with Gasteiger partial charge in [0, 0.05) is 17.7 Å². The third-order valence-electron chi connectivity index (χ3n) is 3.08. The van der Waals surface area contributed by atoms with E-state index in [0.29, 0.717) is 0 Å². The molecule has 1 aliphatic rings. The summed E-state index contributed by atoms with van der Waals surface area (Å²) in [6, 6.07) is 4.27. The van der Waals surface area contributed by atoms with Crippen molar-refractivity contribution < 1.29 is 4.74 Å². The van der Waals surface area contributed by atoms with Gasteiger partial charge in [-0.2, -0.15) is 0 Å². The number of allylic oxidation sites excluding steroid dienone is 2. The normalized spacial score (nSPS) is 14.5. The second kappa shape index (κ2) is 4.28. The number of benzene rings is 1. The van der Waals surface area contributed by atoms with Crippen molar-refractivity contribution in [2.24, 2.45) is 0 Å². The van der Waals surface area contributed by atoms with E-state index in [1.807, 2.05) is 6.92 Å². The quantitative estimate of drug-likeness (QED) is 0.837. The van der Waals surface area contributed by atoms with Crippen LogP contribution < -0.4 is 10.1 Å². The number of rotatable bonds is 2. The SMILES string of the molecule is C=C1C(C)=C(NCC)Oc2c(C)cc(C)cc21. The molecule has 0 amide bonds. The van der Waals surface area contributed by atoms with Crippen LogP contribution in [0.4, 0.5) is 0 Å². The van der Waals surface area contributed by atoms with Crippen molar-refractivity contribution in [3.05, 3.63) is 46.9 Å². The summed E-state index contributed by atoms with van der Waals surface area (Å²) in [5, 5.41) is 3.24. The van der Waals surface area contributed by atoms with Gasteiger partial charge in [-0.3, -0.25) is 0 Å². The van der Waals surface area contributed by atoms with Crippen LogP contribution in [0.25, 0.3) is 5.57 Å². The number of nitrogens with one attached hydrogen (secondary N) is 1. The summed E-state index contributed by atoms with van der Waals surface area (Å²) in [7, 11) is 0. The van der Waals surface area contributed by atoms with Crippen molar-refractivity contribution >= 4 is 5.57 Å². The summed E-state index contributed by atoms with van der Waals surface area (Å²) >= 11 is 0. The molecule has 2 rings (SSSR count). The first-order valence-electron chi connectivity index (χ1n) is 5.98. The summed E-state index contributed by atoms with van der Waals surface area (Å²) in [4.78, 5) is 0. The molecule has 1 aromatic carbocycles. The maximum absolute atomic E-state index is 5.95. The maximum Gasteiger partial charge on any atom is 0.197 e. The Labute approximate surface area is 103 Å². The summed E-state index contributed by atoms with van der Waals surface area (Å²) in [5.41, 5.74) is 5.65. The van der Waals surface area contributed by atoms with Crippen molar-refractivity contribution in [3.63, 3.8) is 0 Å². The van der Waals surface area contributed by atoms with E-state index in [0.717, 1.165) is 40.5 Å². The van der Waals surface area contributed by atoms with Crippen molar-refractivity contribution in [1.82, 2.24) is 5.32 Å². The van der Waals surface area contributed by atoms with E-state index in [4.69, 9.17) is 4.74 Å². The molecule has 1 aromatic rings. The van der Waals surface area contributed by atoms with Gasteiger partial charge in [0.1, 0.15) is 5.75 Å². The molecule has 0 radical (unpaired) electrons. The zero-order chi connectivity index (χ0) is 12.6. The maximum atomic E-state index is 5.95. The Hall–Kier alpha value is -1.70. The average molecular weight is 229 g/mol. The van der Waals surface area contributed by atoms with Crippen LogP contribution >= 0.6 is 0 Å². The Bertz CT molecular complexity index is 512. The molecule has 0 bridgehead atoms. The molecule has 1 heterocycles. The zero-order valence-electron chi connectivity index (χ0n) is 11.0. The van der Waals surface area contributed by atoms with Gasteiger partial charge in [-0.15, -0.1) is 0 Å². The molecule has 1 aliphatic heterocycles. The molecule has 90 valence electrons. The highest BCUT2D eigenvalue weighted by molar-refractivity contribution is 5.83. The first kappa shape index (κ1) is 11.8. The molecule has 0 saturated heterocycles. The zero-order valence-corrected chi connectivity index (χ0v) is 11.0. The van der Waals surface area contributed by atoms with Crippen LogP contribution in [0.15, 0.2) is 30.2 Å². The Morgan fingerprint density at radius 2 is 1.94 bits per heavy atom. The van der Waals surface area contributed by atoms with Gasteiger partial charge in [-0.25, -0.2) is 0 Å². The van der Waals surface area contributed by atoms with E-state index in [-0.39, 0.29) is 0 Å². The van der Waals surface area contributed by atoms with Gasteiger partial charge in [-0.1, -0.05) is 12.6 Å². The second-order valence-electron chi connectivity index (χ2n) is 4.52. The predicted octanol–water partition coefficient (Wildman–Crippen LogP) is 3.55. The number of ether oxygens (including phenoxy) is 1. The number of hydrogen-bond acceptors (Lipinski definition) is 2. The Balaban J connectivity index is 2.54. The van der Waals surface area contributed by atoms with E-state index in [1.165, 1.54) is 5.56 Å². The van der Waals surface area contributed by atoms with Crippen LogP contribution in [-0.4, -0.2) is 6.54 Å². The lowest BCUT2D eigenvalue weighted by Crippen LogP contribution is -2.22. The first-order valence-corrected chi connectivity index (χ1v) is 5.98. The van der Waals surface area contributed by atoms with Gasteiger partial charge in [0.25, 0.3) is 0 Å². The minimum Gasteiger partial charge on any atom is -0.440 e. The molecule has 0 spiro atoms. The largest absolute Gasteiger partial charge is 0.440 e. The van der Waals surface area contributed by atoms with Crippen molar-refractivity contribution in [1.29, 1.82) is 0 Å². The molecule has 0 saturated carbocycles. The average Bonchev–Trinajstić information content (AvgIpc) is 2.27. The molecule has 0 aromatic heterocycles. The first-order chi connectivity index (χ1) is 8.04. The van der Waals surface area contributed by atoms with Gasteiger partial charge < -0.3 is 10.1 Å². The second-order valence-corrected chi connectivity index (χ2v) is 4.52. The third kappa shape index (κ3) is 1.95. The van der Waals surface area contributed by atoms with E-state index in [9.17, 15) is 0 Å². The van der Waals surface area contributed by atoms with Gasteiger partial charge in [0.15, 0.2) is 5.88 Å². The fourth-order valence-corrected chi connectivity index (χ4v) is 2.16. The van der Waals surface area contributed by atoms with Crippen molar-refractivity contribution in [2.75, 3.05) is 6.54 Å². The minimum atomic E-state index is 0.831. The molecular formula is C15H19NO. The summed E-state index contributed by atoms with van der Waals surface area (Å²) in [6.45, 7) is 13.3. The van der Waals surface area contributed by atoms with E-state index >= 15 is 0 Å². The molecule has 0 atom stereocenters. The highest BCUT2D eigenvalue weighted by Crippen LogP contribution is 2.39. The van der Waals surface area contributed by atoms with Gasteiger partial charge in [-0.05, 0) is 50.5 Å². The van der Waals surface area contributed by atoms with E-state index < -0.39 is 0 Å². The molecule has 0 fully saturated rings. The third-order valence-corrected chi connectivity index (χ3v) is 3.08. The highest BCUT2D eigenvalue weighted by Gasteiger charge is 2.22. The van der Waals surface area contributed by atoms with Crippen LogP contribution in [0.2, 0.25) is 0 Å². The molecule has 17 heavy (non-hydrogen) atoms. The fourth-order valence-electron chi connectivity index (χ4n) is 2.16.